The normalized spacial score (nSPS) is 20.3. The standard InChI is InChI=1S/C29H45F2NOS.CHNO2/c1-10-21(4)27(25(33-11-2)14-12-22(5)29(9,30)31)26-15-13-24(34-26)19-32-17-20(3)16-23(18-32)28(6,7)8;3-1-2-4/h12-15,20,23H,10-11,16-19H2,1-9H3;1H/b22-12+,25-14+,27-21?;/t20-,23?;/m1./s1. The number of piperidine rings is 1. The van der Waals surface area contributed by atoms with Crippen molar-refractivity contribution in [1.29, 1.82) is 0 Å². The van der Waals surface area contributed by atoms with Crippen LogP contribution in [0.4, 0.5) is 8.78 Å². The maximum absolute atomic E-state index is 13.7. The number of hydrogen-bond acceptors (Lipinski definition) is 5. The molecule has 0 aromatic carbocycles. The van der Waals surface area contributed by atoms with E-state index < -0.39 is 5.92 Å². The Bertz CT molecular complexity index is 994. The van der Waals surface area contributed by atoms with Crippen molar-refractivity contribution in [1.82, 2.24) is 4.90 Å². The SMILES string of the molecule is CCO/C(=C/C=C(\C)C(C)(F)F)C(=C(C)CC)c1ccc(CN2CC(C(C)(C)C)C[C@@H](C)C2)s1.O=CN=O. The number of ether oxygens (including phenoxy) is 1. The molecular weight excluding hydrogens is 506 g/mol. The molecule has 1 aromatic heterocycles. The van der Waals surface area contributed by atoms with Gasteiger partial charge in [-0.05, 0) is 74.6 Å². The van der Waals surface area contributed by atoms with Crippen molar-refractivity contribution < 1.29 is 18.3 Å². The van der Waals surface area contributed by atoms with Crippen LogP contribution in [0, 0.1) is 22.2 Å². The monoisotopic (exact) mass is 552 g/mol. The molecule has 1 aromatic rings. The van der Waals surface area contributed by atoms with Crippen molar-refractivity contribution >= 4 is 23.3 Å². The number of nitroso groups, excluding NO2 is 1. The Hall–Kier alpha value is -2.19. The van der Waals surface area contributed by atoms with Crippen LogP contribution >= 0.6 is 11.3 Å². The minimum Gasteiger partial charge on any atom is -0.493 e. The first-order valence-corrected chi connectivity index (χ1v) is 14.2. The molecule has 1 fully saturated rings. The third-order valence-electron chi connectivity index (χ3n) is 6.97. The molecule has 1 unspecified atom stereocenters. The lowest BCUT2D eigenvalue weighted by molar-refractivity contribution is -0.106. The first-order chi connectivity index (χ1) is 17.7. The summed E-state index contributed by atoms with van der Waals surface area (Å²) in [6.07, 6.45) is 5.32. The number of nitrogens with zero attached hydrogens (tertiary/aromatic N) is 2. The van der Waals surface area contributed by atoms with Crippen LogP contribution in [0.15, 0.2) is 46.4 Å². The predicted molar refractivity (Wildman–Crippen MR) is 155 cm³/mol. The van der Waals surface area contributed by atoms with Gasteiger partial charge in [0.05, 0.1) is 6.61 Å². The summed E-state index contributed by atoms with van der Waals surface area (Å²) in [5.74, 6) is -0.773. The third kappa shape index (κ3) is 10.9. The molecule has 2 heterocycles. The van der Waals surface area contributed by atoms with Crippen molar-refractivity contribution in [2.24, 2.45) is 22.4 Å². The van der Waals surface area contributed by atoms with Crippen molar-refractivity contribution in [3.63, 3.8) is 0 Å². The number of allylic oxidation sites excluding steroid dienone is 5. The van der Waals surface area contributed by atoms with Crippen LogP contribution in [0.25, 0.3) is 5.57 Å². The van der Waals surface area contributed by atoms with E-state index in [0.29, 0.717) is 29.6 Å². The topological polar surface area (TPSA) is 59.0 Å². The molecule has 1 saturated heterocycles. The molecule has 0 spiro atoms. The fraction of sp³-hybridized carbons (Fsp3) is 0.633. The third-order valence-corrected chi connectivity index (χ3v) is 8.06. The summed E-state index contributed by atoms with van der Waals surface area (Å²) in [5, 5.41) is 1.81. The van der Waals surface area contributed by atoms with Crippen molar-refractivity contribution in [2.75, 3.05) is 19.7 Å². The molecule has 214 valence electrons. The summed E-state index contributed by atoms with van der Waals surface area (Å²) in [6, 6.07) is 4.39. The summed E-state index contributed by atoms with van der Waals surface area (Å²) in [4.78, 5) is 22.3. The first-order valence-electron chi connectivity index (χ1n) is 13.3. The highest BCUT2D eigenvalue weighted by Gasteiger charge is 2.32. The maximum Gasteiger partial charge on any atom is 0.274 e. The van der Waals surface area contributed by atoms with E-state index in [1.54, 1.807) is 22.6 Å². The minimum atomic E-state index is -2.84. The lowest BCUT2D eigenvalue weighted by Gasteiger charge is -2.42. The molecule has 0 radical (unpaired) electrons. The molecule has 0 aliphatic carbocycles. The molecule has 2 rings (SSSR count). The van der Waals surface area contributed by atoms with E-state index in [4.69, 9.17) is 14.4 Å². The van der Waals surface area contributed by atoms with Gasteiger partial charge in [0.25, 0.3) is 12.3 Å². The Labute approximate surface area is 232 Å². The van der Waals surface area contributed by atoms with Crippen LogP contribution in [0.2, 0.25) is 0 Å². The molecule has 8 heteroatoms. The highest BCUT2D eigenvalue weighted by atomic mass is 32.1. The van der Waals surface area contributed by atoms with Gasteiger partial charge in [0, 0.05) is 47.1 Å². The molecular formula is C30H46F2N2O3S. The molecule has 0 saturated carbocycles. The van der Waals surface area contributed by atoms with E-state index in [2.05, 4.69) is 58.6 Å². The van der Waals surface area contributed by atoms with Gasteiger partial charge >= 0.3 is 0 Å². The van der Waals surface area contributed by atoms with Gasteiger partial charge in [-0.2, -0.15) is 0 Å². The van der Waals surface area contributed by atoms with Crippen LogP contribution in [-0.4, -0.2) is 36.9 Å². The van der Waals surface area contributed by atoms with Crippen LogP contribution in [0.5, 0.6) is 0 Å². The highest BCUT2D eigenvalue weighted by Crippen LogP contribution is 2.38. The number of thiophene rings is 1. The zero-order chi connectivity index (χ0) is 29.1. The van der Waals surface area contributed by atoms with Crippen LogP contribution < -0.4 is 0 Å². The molecule has 1 aliphatic rings. The van der Waals surface area contributed by atoms with Crippen molar-refractivity contribution in [3.8, 4) is 0 Å². The lowest BCUT2D eigenvalue weighted by atomic mass is 9.74. The smallest absolute Gasteiger partial charge is 0.274 e. The van der Waals surface area contributed by atoms with Crippen molar-refractivity contribution in [3.05, 3.63) is 55.9 Å². The average Bonchev–Trinajstić information content (AvgIpc) is 3.28. The van der Waals surface area contributed by atoms with Crippen LogP contribution in [0.1, 0.15) is 84.9 Å². The van der Waals surface area contributed by atoms with E-state index in [9.17, 15) is 8.78 Å². The number of carbonyl (C=O) groups excluding carboxylic acids is 1. The Balaban J connectivity index is 0.00000168. The summed E-state index contributed by atoms with van der Waals surface area (Å²) in [7, 11) is 0. The highest BCUT2D eigenvalue weighted by molar-refractivity contribution is 7.13. The molecule has 2 atom stereocenters. The zero-order valence-corrected chi connectivity index (χ0v) is 25.4. The number of alkyl halides is 2. The number of hydrogen-bond donors (Lipinski definition) is 0. The van der Waals surface area contributed by atoms with Gasteiger partial charge in [0.2, 0.25) is 0 Å². The number of rotatable bonds is 10. The lowest BCUT2D eigenvalue weighted by Crippen LogP contribution is -2.43. The molecule has 1 amide bonds. The van der Waals surface area contributed by atoms with Crippen molar-refractivity contribution in [2.45, 2.75) is 87.6 Å². The summed E-state index contributed by atoms with van der Waals surface area (Å²) < 4.78 is 33.4. The van der Waals surface area contributed by atoms with Gasteiger partial charge in [-0.1, -0.05) is 46.3 Å². The second-order valence-electron chi connectivity index (χ2n) is 11.3. The van der Waals surface area contributed by atoms with Gasteiger partial charge in [0.15, 0.2) is 0 Å². The second-order valence-corrected chi connectivity index (χ2v) is 12.5. The van der Waals surface area contributed by atoms with Gasteiger partial charge in [-0.25, -0.2) is 8.78 Å². The number of halogens is 2. The van der Waals surface area contributed by atoms with Crippen LogP contribution in [-0.2, 0) is 16.1 Å². The van der Waals surface area contributed by atoms with Gasteiger partial charge in [-0.15, -0.1) is 16.2 Å². The Morgan fingerprint density at radius 2 is 1.79 bits per heavy atom. The summed E-state index contributed by atoms with van der Waals surface area (Å²) >= 11 is 1.79. The number of carbonyl (C=O) groups is 1. The molecule has 0 N–H and O–H groups in total. The number of amides is 1. The molecule has 0 bridgehead atoms. The summed E-state index contributed by atoms with van der Waals surface area (Å²) in [6.45, 7) is 21.7. The first kappa shape index (κ1) is 33.8. The van der Waals surface area contributed by atoms with E-state index in [0.717, 1.165) is 43.4 Å². The second kappa shape index (κ2) is 15.4. The fourth-order valence-corrected chi connectivity index (χ4v) is 5.64. The predicted octanol–water partition coefficient (Wildman–Crippen LogP) is 8.87. The van der Waals surface area contributed by atoms with Crippen LogP contribution in [0.3, 0.4) is 0 Å². The van der Waals surface area contributed by atoms with E-state index >= 15 is 0 Å². The maximum atomic E-state index is 13.7. The Kier molecular flexibility index (Phi) is 13.7. The fourth-order valence-electron chi connectivity index (χ4n) is 4.46. The Morgan fingerprint density at radius 1 is 1.16 bits per heavy atom. The van der Waals surface area contributed by atoms with Gasteiger partial charge in [-0.3, -0.25) is 9.69 Å². The van der Waals surface area contributed by atoms with E-state index in [1.165, 1.54) is 29.9 Å². The molecule has 1 aliphatic heterocycles. The summed E-state index contributed by atoms with van der Waals surface area (Å²) in [5.41, 5.74) is 2.57. The molecule has 5 nitrogen and oxygen atoms in total. The zero-order valence-electron chi connectivity index (χ0n) is 24.6. The van der Waals surface area contributed by atoms with Gasteiger partial charge < -0.3 is 4.74 Å². The Morgan fingerprint density at radius 3 is 2.29 bits per heavy atom. The average molecular weight is 553 g/mol. The van der Waals surface area contributed by atoms with E-state index in [-0.39, 0.29) is 12.0 Å². The molecule has 38 heavy (non-hydrogen) atoms. The quantitative estimate of drug-likeness (QED) is 0.126. The number of likely N-dealkylation sites (tertiary alicyclic amines) is 1. The van der Waals surface area contributed by atoms with Gasteiger partial charge in [0.1, 0.15) is 5.76 Å². The largest absolute Gasteiger partial charge is 0.493 e. The van der Waals surface area contributed by atoms with E-state index in [1.807, 2.05) is 6.92 Å². The minimum absolute atomic E-state index is 0.0256.